The van der Waals surface area contributed by atoms with Gasteiger partial charge < -0.3 is 5.11 Å². The number of aliphatic hydroxyl groups is 1. The summed E-state index contributed by atoms with van der Waals surface area (Å²) in [5.74, 6) is 0.512. The Morgan fingerprint density at radius 1 is 1.13 bits per heavy atom. The van der Waals surface area contributed by atoms with E-state index in [0.29, 0.717) is 16.6 Å². The fourth-order valence-corrected chi connectivity index (χ4v) is 9.38. The molecule has 1 N–H and O–H groups in total. The minimum Gasteiger partial charge on any atom is -0.392 e. The van der Waals surface area contributed by atoms with E-state index in [1.165, 1.54) is 12.1 Å². The predicted octanol–water partition coefficient (Wildman–Crippen LogP) is 4.87. The van der Waals surface area contributed by atoms with Crippen LogP contribution < -0.4 is 0 Å². The highest BCUT2D eigenvalue weighted by molar-refractivity contribution is 8.00. The molecule has 4 atom stereocenters. The number of aliphatic hydroxyl groups excluding tert-OH is 1. The largest absolute Gasteiger partial charge is 0.392 e. The number of sulfonamides is 1. The van der Waals surface area contributed by atoms with Crippen molar-refractivity contribution in [2.24, 2.45) is 20.5 Å². The third-order valence-corrected chi connectivity index (χ3v) is 11.4. The van der Waals surface area contributed by atoms with Gasteiger partial charge in [0.15, 0.2) is 0 Å². The summed E-state index contributed by atoms with van der Waals surface area (Å²) in [5, 5.41) is 10.9. The first kappa shape index (κ1) is 21.7. The van der Waals surface area contributed by atoms with E-state index in [9.17, 15) is 17.9 Å². The van der Waals surface area contributed by atoms with E-state index in [0.717, 1.165) is 24.8 Å². The van der Waals surface area contributed by atoms with Crippen LogP contribution in [-0.2, 0) is 20.7 Å². The van der Waals surface area contributed by atoms with E-state index in [1.807, 2.05) is 6.92 Å². The minimum absolute atomic E-state index is 0.0964. The van der Waals surface area contributed by atoms with Crippen molar-refractivity contribution in [3.8, 4) is 0 Å². The molecule has 2 bridgehead atoms. The van der Waals surface area contributed by atoms with Crippen molar-refractivity contribution in [1.82, 2.24) is 0 Å². The highest BCUT2D eigenvalue weighted by Gasteiger charge is 2.63. The first-order valence-corrected chi connectivity index (χ1v) is 13.0. The summed E-state index contributed by atoms with van der Waals surface area (Å²) in [6.45, 7) is 6.26. The van der Waals surface area contributed by atoms with Crippen LogP contribution in [0.15, 0.2) is 62.1 Å². The molecule has 4 rings (SSSR count). The van der Waals surface area contributed by atoms with Gasteiger partial charge >= 0.3 is 0 Å². The lowest BCUT2D eigenvalue weighted by Crippen LogP contribution is -2.43. The Morgan fingerprint density at radius 3 is 2.30 bits per heavy atom. The van der Waals surface area contributed by atoms with Gasteiger partial charge in [0.2, 0.25) is 0 Å². The van der Waals surface area contributed by atoms with Crippen LogP contribution >= 0.6 is 0 Å². The monoisotopic (exact) mass is 449 g/mol. The zero-order valence-electron chi connectivity index (χ0n) is 17.5. The van der Waals surface area contributed by atoms with Crippen LogP contribution in [0.2, 0.25) is 0 Å². The van der Waals surface area contributed by atoms with Crippen LogP contribution in [0.1, 0.15) is 38.7 Å². The summed E-state index contributed by atoms with van der Waals surface area (Å²) in [5.41, 5.74) is 0.487. The molecule has 0 radical (unpaired) electrons. The average Bonchev–Trinajstić information content (AvgIpc) is 3.03. The van der Waals surface area contributed by atoms with Crippen LogP contribution in [0.25, 0.3) is 0 Å². The lowest BCUT2D eigenvalue weighted by Gasteiger charge is -2.41. The molecule has 30 heavy (non-hydrogen) atoms. The summed E-state index contributed by atoms with van der Waals surface area (Å²) in [6, 6.07) is 12.6. The number of hydrogen-bond donors (Lipinski definition) is 1. The van der Waals surface area contributed by atoms with E-state index >= 15 is 0 Å². The van der Waals surface area contributed by atoms with Crippen molar-refractivity contribution in [1.29, 1.82) is 0 Å². The molecule has 7 heteroatoms. The second kappa shape index (κ2) is 7.53. The molecular weight excluding hydrogens is 421 g/mol. The van der Waals surface area contributed by atoms with Crippen LogP contribution in [0.3, 0.4) is 0 Å². The van der Waals surface area contributed by atoms with Crippen LogP contribution in [0.4, 0.5) is 4.39 Å². The minimum atomic E-state index is -3.89. The Morgan fingerprint density at radius 2 is 1.77 bits per heavy atom. The van der Waals surface area contributed by atoms with Gasteiger partial charge in [0.25, 0.3) is 10.0 Å². The van der Waals surface area contributed by atoms with Gasteiger partial charge in [-0.05, 0) is 73.9 Å². The molecule has 2 aliphatic rings. The SMILES string of the molecule is Cc1ccc(S(=O)(=O)/N=S(\C[C@]23CC[C@H](C[C@H]2O)C3(C)C)c2ccc(F)cc2)cc1. The van der Waals surface area contributed by atoms with Gasteiger partial charge in [0, 0.05) is 16.1 Å². The highest BCUT2D eigenvalue weighted by atomic mass is 32.3. The van der Waals surface area contributed by atoms with Crippen LogP contribution in [-0.4, -0.2) is 25.4 Å². The molecule has 0 spiro atoms. The van der Waals surface area contributed by atoms with Gasteiger partial charge in [-0.2, -0.15) is 8.42 Å². The van der Waals surface area contributed by atoms with Crippen LogP contribution in [0, 0.1) is 29.5 Å². The van der Waals surface area contributed by atoms with Gasteiger partial charge in [-0.25, -0.2) is 4.39 Å². The maximum atomic E-state index is 13.5. The van der Waals surface area contributed by atoms with E-state index in [4.69, 9.17) is 0 Å². The number of hydrogen-bond acceptors (Lipinski definition) is 3. The topological polar surface area (TPSA) is 66.7 Å². The molecule has 1 unspecified atom stereocenters. The van der Waals surface area contributed by atoms with Gasteiger partial charge in [0.1, 0.15) is 5.82 Å². The Hall–Kier alpha value is -1.57. The Balaban J connectivity index is 1.81. The maximum Gasteiger partial charge on any atom is 0.288 e. The summed E-state index contributed by atoms with van der Waals surface area (Å²) < 4.78 is 44.1. The van der Waals surface area contributed by atoms with E-state index in [2.05, 4.69) is 17.6 Å². The maximum absolute atomic E-state index is 13.5. The molecule has 4 nitrogen and oxygen atoms in total. The smallest absolute Gasteiger partial charge is 0.288 e. The number of halogens is 1. The van der Waals surface area contributed by atoms with Crippen molar-refractivity contribution >= 4 is 20.7 Å². The fourth-order valence-electron chi connectivity index (χ4n) is 5.24. The lowest BCUT2D eigenvalue weighted by molar-refractivity contribution is 0.0164. The molecule has 2 fully saturated rings. The predicted molar refractivity (Wildman–Crippen MR) is 117 cm³/mol. The van der Waals surface area contributed by atoms with Crippen molar-refractivity contribution < 1.29 is 17.9 Å². The standard InChI is InChI=1S/C23H28FNO3S2/c1-16-4-10-20(11-5-16)30(27,28)25-29(19-8-6-18(24)7-9-19)15-23-13-12-17(14-21(23)26)22(23,2)3/h4-11,17,21,26H,12-15H2,1-3H3/t17-,21-,23-,29?/m1/s1. The summed E-state index contributed by atoms with van der Waals surface area (Å²) in [7, 11) is -4.92. The van der Waals surface area contributed by atoms with Crippen LogP contribution in [0.5, 0.6) is 0 Å². The first-order valence-electron chi connectivity index (χ1n) is 10.2. The van der Waals surface area contributed by atoms with E-state index < -0.39 is 26.8 Å². The Bertz CT molecular complexity index is 1080. The lowest BCUT2D eigenvalue weighted by atomic mass is 9.70. The van der Waals surface area contributed by atoms with Crippen molar-refractivity contribution in [3.05, 3.63) is 59.9 Å². The third-order valence-electron chi connectivity index (χ3n) is 7.38. The Labute approximate surface area is 180 Å². The molecule has 2 aliphatic carbocycles. The summed E-state index contributed by atoms with van der Waals surface area (Å²) >= 11 is 0. The highest BCUT2D eigenvalue weighted by Crippen LogP contribution is 2.66. The molecule has 0 heterocycles. The number of aryl methyl sites for hydroxylation is 1. The zero-order chi connectivity index (χ0) is 21.7. The molecule has 0 saturated heterocycles. The van der Waals surface area contributed by atoms with Gasteiger partial charge in [-0.15, -0.1) is 3.77 Å². The number of fused-ring (bicyclic) bond motifs is 2. The quantitative estimate of drug-likeness (QED) is 0.708. The number of benzene rings is 2. The molecular formula is C23H28FNO3S2. The molecule has 0 aromatic heterocycles. The van der Waals surface area contributed by atoms with Gasteiger partial charge in [0.05, 0.1) is 11.0 Å². The normalized spacial score (nSPS) is 28.7. The molecule has 2 saturated carbocycles. The van der Waals surface area contributed by atoms with Crippen molar-refractivity contribution in [2.45, 2.75) is 55.9 Å². The van der Waals surface area contributed by atoms with E-state index in [1.54, 1.807) is 36.4 Å². The molecule has 2 aromatic rings. The average molecular weight is 450 g/mol. The van der Waals surface area contributed by atoms with Gasteiger partial charge in [-0.1, -0.05) is 42.2 Å². The molecule has 162 valence electrons. The second-order valence-electron chi connectivity index (χ2n) is 9.19. The molecule has 0 amide bonds. The molecule has 0 aliphatic heterocycles. The third kappa shape index (κ3) is 3.55. The van der Waals surface area contributed by atoms with E-state index in [-0.39, 0.29) is 21.5 Å². The van der Waals surface area contributed by atoms with Crippen molar-refractivity contribution in [2.75, 3.05) is 5.75 Å². The summed E-state index contributed by atoms with van der Waals surface area (Å²) in [6.07, 6.45) is 2.17. The second-order valence-corrected chi connectivity index (χ2v) is 12.7. The first-order chi connectivity index (χ1) is 14.0. The van der Waals surface area contributed by atoms with Crippen molar-refractivity contribution in [3.63, 3.8) is 0 Å². The number of nitrogens with zero attached hydrogens (tertiary/aromatic N) is 1. The number of rotatable bonds is 5. The summed E-state index contributed by atoms with van der Waals surface area (Å²) in [4.78, 5) is 0.834. The molecule has 2 aromatic carbocycles. The fraction of sp³-hybridized carbons (Fsp3) is 0.478. The van der Waals surface area contributed by atoms with Gasteiger partial charge in [-0.3, -0.25) is 0 Å². The zero-order valence-corrected chi connectivity index (χ0v) is 19.1. The Kier molecular flexibility index (Phi) is 5.44.